The number of carbonyl (C=O) groups excluding carboxylic acids is 1. The van der Waals surface area contributed by atoms with E-state index in [0.717, 1.165) is 10.9 Å². The Bertz CT molecular complexity index is 611. The molecule has 2 aromatic rings. The Morgan fingerprint density at radius 2 is 2.00 bits per heavy atom. The maximum absolute atomic E-state index is 11.9. The molecule has 0 aliphatic heterocycles. The van der Waals surface area contributed by atoms with Crippen LogP contribution in [0.1, 0.15) is 6.92 Å². The van der Waals surface area contributed by atoms with Crippen LogP contribution in [0.4, 0.5) is 11.8 Å². The summed E-state index contributed by atoms with van der Waals surface area (Å²) in [7, 11) is 3.43. The standard InChI is InChI=1S/C13H17N5O/c1-8(12(19)18(2)3)15-11-9-6-4-5-7-10(9)16-13(14)17-11/h4-8H,1-3H3,(H3,14,15,16,17). The van der Waals surface area contributed by atoms with E-state index in [9.17, 15) is 4.79 Å². The predicted molar refractivity (Wildman–Crippen MR) is 75.7 cm³/mol. The highest BCUT2D eigenvalue weighted by Gasteiger charge is 2.16. The molecule has 0 fully saturated rings. The van der Waals surface area contributed by atoms with Gasteiger partial charge in [0.05, 0.1) is 5.52 Å². The number of anilines is 2. The molecule has 0 aliphatic rings. The fraction of sp³-hybridized carbons (Fsp3) is 0.308. The first-order valence-electron chi connectivity index (χ1n) is 5.99. The zero-order valence-electron chi connectivity index (χ0n) is 11.2. The van der Waals surface area contributed by atoms with Crippen LogP contribution in [0.5, 0.6) is 0 Å². The van der Waals surface area contributed by atoms with Crippen LogP contribution in [0.15, 0.2) is 24.3 Å². The zero-order chi connectivity index (χ0) is 14.0. The first kappa shape index (κ1) is 13.1. The minimum atomic E-state index is -0.382. The van der Waals surface area contributed by atoms with Gasteiger partial charge in [-0.1, -0.05) is 12.1 Å². The molecule has 0 saturated heterocycles. The minimum absolute atomic E-state index is 0.0266. The number of nitrogens with one attached hydrogen (secondary N) is 1. The van der Waals surface area contributed by atoms with Crippen molar-refractivity contribution in [3.05, 3.63) is 24.3 Å². The number of benzene rings is 1. The van der Waals surface area contributed by atoms with E-state index in [1.54, 1.807) is 21.0 Å². The smallest absolute Gasteiger partial charge is 0.244 e. The van der Waals surface area contributed by atoms with Gasteiger partial charge in [0, 0.05) is 19.5 Å². The van der Waals surface area contributed by atoms with Gasteiger partial charge in [0.25, 0.3) is 0 Å². The average molecular weight is 259 g/mol. The fourth-order valence-electron chi connectivity index (χ4n) is 1.86. The van der Waals surface area contributed by atoms with Crippen molar-refractivity contribution in [1.29, 1.82) is 0 Å². The number of nitrogens with two attached hydrogens (primary N) is 1. The number of hydrogen-bond donors (Lipinski definition) is 2. The third-order valence-electron chi connectivity index (χ3n) is 2.78. The molecule has 1 heterocycles. The SMILES string of the molecule is CC(Nc1nc(N)nc2ccccc12)C(=O)N(C)C. The van der Waals surface area contributed by atoms with Crippen LogP contribution in [0.25, 0.3) is 10.9 Å². The van der Waals surface area contributed by atoms with Crippen molar-refractivity contribution in [3.63, 3.8) is 0 Å². The molecule has 0 saturated carbocycles. The number of hydrogen-bond acceptors (Lipinski definition) is 5. The van der Waals surface area contributed by atoms with Crippen molar-refractivity contribution < 1.29 is 4.79 Å². The summed E-state index contributed by atoms with van der Waals surface area (Å²) in [5.41, 5.74) is 6.43. The predicted octanol–water partition coefficient (Wildman–Crippen LogP) is 1.10. The molecule has 6 nitrogen and oxygen atoms in total. The number of aromatic nitrogens is 2. The normalized spacial score (nSPS) is 12.2. The van der Waals surface area contributed by atoms with Gasteiger partial charge in [-0.2, -0.15) is 4.98 Å². The van der Waals surface area contributed by atoms with Crippen molar-refractivity contribution in [2.45, 2.75) is 13.0 Å². The van der Waals surface area contributed by atoms with Crippen LogP contribution in [0, 0.1) is 0 Å². The number of fused-ring (bicyclic) bond motifs is 1. The van der Waals surface area contributed by atoms with Gasteiger partial charge in [-0.15, -0.1) is 0 Å². The van der Waals surface area contributed by atoms with Crippen molar-refractivity contribution in [2.75, 3.05) is 25.1 Å². The molecule has 6 heteroatoms. The van der Waals surface area contributed by atoms with Crippen LogP contribution in [0.2, 0.25) is 0 Å². The Labute approximate surface area is 111 Å². The molecule has 1 aromatic carbocycles. The van der Waals surface area contributed by atoms with Crippen LogP contribution in [0.3, 0.4) is 0 Å². The van der Waals surface area contributed by atoms with Gasteiger partial charge in [0.15, 0.2) is 0 Å². The number of rotatable bonds is 3. The van der Waals surface area contributed by atoms with Crippen LogP contribution >= 0.6 is 0 Å². The van der Waals surface area contributed by atoms with Crippen molar-refractivity contribution in [2.24, 2.45) is 0 Å². The summed E-state index contributed by atoms with van der Waals surface area (Å²) in [5, 5.41) is 3.93. The molecule has 1 aromatic heterocycles. The van der Waals surface area contributed by atoms with Gasteiger partial charge >= 0.3 is 0 Å². The summed E-state index contributed by atoms with van der Waals surface area (Å²) in [6.07, 6.45) is 0. The Hall–Kier alpha value is -2.37. The summed E-state index contributed by atoms with van der Waals surface area (Å²) in [5.74, 6) is 0.734. The summed E-state index contributed by atoms with van der Waals surface area (Å²) in [6, 6.07) is 7.15. The Morgan fingerprint density at radius 1 is 1.32 bits per heavy atom. The highest BCUT2D eigenvalue weighted by atomic mass is 16.2. The Balaban J connectivity index is 2.37. The molecule has 19 heavy (non-hydrogen) atoms. The third kappa shape index (κ3) is 2.73. The van der Waals surface area contributed by atoms with E-state index in [2.05, 4.69) is 15.3 Å². The molecule has 3 N–H and O–H groups in total. The lowest BCUT2D eigenvalue weighted by molar-refractivity contribution is -0.129. The van der Waals surface area contributed by atoms with Crippen molar-refractivity contribution in [3.8, 4) is 0 Å². The first-order valence-corrected chi connectivity index (χ1v) is 5.99. The number of nitrogens with zero attached hydrogens (tertiary/aromatic N) is 3. The zero-order valence-corrected chi connectivity index (χ0v) is 11.2. The summed E-state index contributed by atoms with van der Waals surface area (Å²) in [4.78, 5) is 21.7. The second-order valence-corrected chi connectivity index (χ2v) is 4.55. The average Bonchev–Trinajstić information content (AvgIpc) is 2.37. The molecule has 2 rings (SSSR count). The summed E-state index contributed by atoms with van der Waals surface area (Å²) in [6.45, 7) is 1.79. The molecule has 0 aliphatic carbocycles. The van der Waals surface area contributed by atoms with Gasteiger partial charge in [0.1, 0.15) is 11.9 Å². The maximum Gasteiger partial charge on any atom is 0.244 e. The molecular weight excluding hydrogens is 242 g/mol. The van der Waals surface area contributed by atoms with Gasteiger partial charge in [-0.25, -0.2) is 4.98 Å². The van der Waals surface area contributed by atoms with Crippen LogP contribution in [-0.4, -0.2) is 40.9 Å². The Morgan fingerprint density at radius 3 is 2.68 bits per heavy atom. The van der Waals surface area contributed by atoms with E-state index >= 15 is 0 Å². The van der Waals surface area contributed by atoms with Crippen molar-refractivity contribution in [1.82, 2.24) is 14.9 Å². The third-order valence-corrected chi connectivity index (χ3v) is 2.78. The number of para-hydroxylation sites is 1. The number of nitrogen functional groups attached to an aromatic ring is 1. The molecule has 0 bridgehead atoms. The molecule has 0 radical (unpaired) electrons. The maximum atomic E-state index is 11.9. The minimum Gasteiger partial charge on any atom is -0.368 e. The molecule has 1 atom stereocenters. The first-order chi connectivity index (χ1) is 8.99. The van der Waals surface area contributed by atoms with E-state index in [-0.39, 0.29) is 17.9 Å². The number of likely N-dealkylation sites (N-methyl/N-ethyl adjacent to an activating group) is 1. The topological polar surface area (TPSA) is 84.1 Å². The molecular formula is C13H17N5O. The lowest BCUT2D eigenvalue weighted by atomic mass is 10.2. The molecule has 0 spiro atoms. The van der Waals surface area contributed by atoms with E-state index in [0.29, 0.717) is 5.82 Å². The lowest BCUT2D eigenvalue weighted by Gasteiger charge is -2.19. The van der Waals surface area contributed by atoms with Gasteiger partial charge in [-0.3, -0.25) is 4.79 Å². The van der Waals surface area contributed by atoms with Crippen LogP contribution in [-0.2, 0) is 4.79 Å². The van der Waals surface area contributed by atoms with Crippen LogP contribution < -0.4 is 11.1 Å². The fourth-order valence-corrected chi connectivity index (χ4v) is 1.86. The second-order valence-electron chi connectivity index (χ2n) is 4.55. The molecule has 100 valence electrons. The second kappa shape index (κ2) is 5.09. The monoisotopic (exact) mass is 259 g/mol. The van der Waals surface area contributed by atoms with E-state index in [1.165, 1.54) is 4.90 Å². The summed E-state index contributed by atoms with van der Waals surface area (Å²) < 4.78 is 0. The molecule has 1 unspecified atom stereocenters. The van der Waals surface area contributed by atoms with E-state index < -0.39 is 0 Å². The summed E-state index contributed by atoms with van der Waals surface area (Å²) >= 11 is 0. The van der Waals surface area contributed by atoms with Crippen molar-refractivity contribution >= 4 is 28.6 Å². The van der Waals surface area contributed by atoms with Gasteiger partial charge in [0.2, 0.25) is 11.9 Å². The highest BCUT2D eigenvalue weighted by molar-refractivity contribution is 5.92. The quantitative estimate of drug-likeness (QED) is 0.862. The van der Waals surface area contributed by atoms with Gasteiger partial charge in [-0.05, 0) is 19.1 Å². The number of amides is 1. The number of carbonyl (C=O) groups is 1. The van der Waals surface area contributed by atoms with Gasteiger partial charge < -0.3 is 16.0 Å². The molecule has 1 amide bonds. The van der Waals surface area contributed by atoms with E-state index in [1.807, 2.05) is 24.3 Å². The Kier molecular flexibility index (Phi) is 3.50. The largest absolute Gasteiger partial charge is 0.368 e. The highest BCUT2D eigenvalue weighted by Crippen LogP contribution is 2.21. The lowest BCUT2D eigenvalue weighted by Crippen LogP contribution is -2.36. The van der Waals surface area contributed by atoms with E-state index in [4.69, 9.17) is 5.73 Å².